The Morgan fingerprint density at radius 2 is 1.64 bits per heavy atom. The summed E-state index contributed by atoms with van der Waals surface area (Å²) in [6, 6.07) is 19.3. The summed E-state index contributed by atoms with van der Waals surface area (Å²) in [6.07, 6.45) is 0.115. The Balaban J connectivity index is 1.57. The van der Waals surface area contributed by atoms with E-state index in [1.807, 2.05) is 12.1 Å². The highest BCUT2D eigenvalue weighted by Gasteiger charge is 2.12. The molecular formula is C21H23NO3. The van der Waals surface area contributed by atoms with E-state index in [0.29, 0.717) is 12.1 Å². The van der Waals surface area contributed by atoms with E-state index in [4.69, 9.17) is 0 Å². The van der Waals surface area contributed by atoms with Gasteiger partial charge in [-0.05, 0) is 47.4 Å². The van der Waals surface area contributed by atoms with Gasteiger partial charge in [-0.25, -0.2) is 0 Å². The molecule has 0 aromatic heterocycles. The zero-order valence-electron chi connectivity index (χ0n) is 14.2. The molecule has 0 fully saturated rings. The third-order valence-corrected chi connectivity index (χ3v) is 4.40. The fraction of sp³-hybridized carbons (Fsp3) is 0.238. The zero-order valence-corrected chi connectivity index (χ0v) is 14.2. The Labute approximate surface area is 147 Å². The predicted molar refractivity (Wildman–Crippen MR) is 99.8 cm³/mol. The number of hydrogen-bond acceptors (Lipinski definition) is 4. The van der Waals surface area contributed by atoms with Crippen molar-refractivity contribution >= 4 is 10.8 Å². The summed E-state index contributed by atoms with van der Waals surface area (Å²) in [5, 5.41) is 34.9. The van der Waals surface area contributed by atoms with Crippen LogP contribution in [0.1, 0.15) is 24.2 Å². The summed E-state index contributed by atoms with van der Waals surface area (Å²) >= 11 is 0. The quantitative estimate of drug-likeness (QED) is 0.520. The molecule has 0 amide bonds. The normalized spacial score (nSPS) is 13.7. The maximum Gasteiger partial charge on any atom is 0.157 e. The standard InChI is InChI=1S/C21H23NO3/c1-14(10-15-6-7-16-4-2-3-5-17(16)11-15)22-13-21(25)18-8-9-19(23)20(24)12-18/h2-9,11-12,14,21-25H,10,13H2,1H3. The van der Waals surface area contributed by atoms with Gasteiger partial charge in [-0.1, -0.05) is 48.5 Å². The first kappa shape index (κ1) is 17.3. The second-order valence-corrected chi connectivity index (χ2v) is 6.46. The third-order valence-electron chi connectivity index (χ3n) is 4.40. The molecule has 0 saturated carbocycles. The fourth-order valence-corrected chi connectivity index (χ4v) is 2.97. The van der Waals surface area contributed by atoms with Crippen LogP contribution in [0.4, 0.5) is 0 Å². The van der Waals surface area contributed by atoms with Gasteiger partial charge >= 0.3 is 0 Å². The number of nitrogens with one attached hydrogen (secondary N) is 1. The summed E-state index contributed by atoms with van der Waals surface area (Å²) in [7, 11) is 0. The van der Waals surface area contributed by atoms with E-state index in [1.165, 1.54) is 28.5 Å². The number of rotatable bonds is 6. The molecule has 0 aliphatic rings. The average Bonchev–Trinajstić information content (AvgIpc) is 2.62. The van der Waals surface area contributed by atoms with Crippen LogP contribution in [0.3, 0.4) is 0 Å². The number of aliphatic hydroxyl groups is 1. The van der Waals surface area contributed by atoms with Crippen molar-refractivity contribution in [2.75, 3.05) is 6.54 Å². The Bertz CT molecular complexity index is 863. The molecule has 3 aromatic rings. The highest BCUT2D eigenvalue weighted by molar-refractivity contribution is 5.82. The average molecular weight is 337 g/mol. The lowest BCUT2D eigenvalue weighted by Crippen LogP contribution is -2.32. The van der Waals surface area contributed by atoms with Crippen LogP contribution in [-0.2, 0) is 6.42 Å². The molecule has 2 atom stereocenters. The van der Waals surface area contributed by atoms with E-state index in [-0.39, 0.29) is 17.5 Å². The Hall–Kier alpha value is -2.56. The minimum absolute atomic E-state index is 0.186. The first-order valence-electron chi connectivity index (χ1n) is 8.44. The summed E-state index contributed by atoms with van der Waals surface area (Å²) in [6.45, 7) is 2.45. The highest BCUT2D eigenvalue weighted by atomic mass is 16.3. The first-order valence-corrected chi connectivity index (χ1v) is 8.44. The van der Waals surface area contributed by atoms with Crippen LogP contribution in [-0.4, -0.2) is 27.9 Å². The molecule has 4 N–H and O–H groups in total. The van der Waals surface area contributed by atoms with Gasteiger partial charge in [0.2, 0.25) is 0 Å². The molecule has 0 radical (unpaired) electrons. The fourth-order valence-electron chi connectivity index (χ4n) is 2.97. The van der Waals surface area contributed by atoms with Crippen LogP contribution >= 0.6 is 0 Å². The van der Waals surface area contributed by atoms with Crippen molar-refractivity contribution in [1.29, 1.82) is 0 Å². The molecule has 0 spiro atoms. The highest BCUT2D eigenvalue weighted by Crippen LogP contribution is 2.27. The number of phenols is 2. The van der Waals surface area contributed by atoms with Crippen LogP contribution in [0.15, 0.2) is 60.7 Å². The van der Waals surface area contributed by atoms with E-state index < -0.39 is 6.10 Å². The summed E-state index contributed by atoms with van der Waals surface area (Å²) in [5.41, 5.74) is 1.82. The lowest BCUT2D eigenvalue weighted by molar-refractivity contribution is 0.170. The Kier molecular flexibility index (Phi) is 5.22. The summed E-state index contributed by atoms with van der Waals surface area (Å²) in [4.78, 5) is 0. The number of benzene rings is 3. The number of aliphatic hydroxyl groups excluding tert-OH is 1. The monoisotopic (exact) mass is 337 g/mol. The van der Waals surface area contributed by atoms with Crippen molar-refractivity contribution in [2.24, 2.45) is 0 Å². The van der Waals surface area contributed by atoms with Crippen molar-refractivity contribution in [3.05, 3.63) is 71.8 Å². The molecule has 0 aliphatic heterocycles. The Morgan fingerprint density at radius 1 is 0.880 bits per heavy atom. The van der Waals surface area contributed by atoms with E-state index in [0.717, 1.165) is 6.42 Å². The first-order chi connectivity index (χ1) is 12.0. The van der Waals surface area contributed by atoms with E-state index in [1.54, 1.807) is 6.07 Å². The molecule has 2 unspecified atom stereocenters. The van der Waals surface area contributed by atoms with Crippen molar-refractivity contribution in [3.63, 3.8) is 0 Å². The lowest BCUT2D eigenvalue weighted by Gasteiger charge is -2.18. The second-order valence-electron chi connectivity index (χ2n) is 6.46. The molecule has 25 heavy (non-hydrogen) atoms. The minimum Gasteiger partial charge on any atom is -0.504 e. The molecule has 3 aromatic carbocycles. The molecule has 3 rings (SSSR count). The molecule has 0 saturated heterocycles. The molecule has 0 bridgehead atoms. The molecule has 0 aliphatic carbocycles. The number of hydrogen-bond donors (Lipinski definition) is 4. The lowest BCUT2D eigenvalue weighted by atomic mass is 10.0. The second kappa shape index (κ2) is 7.55. The van der Waals surface area contributed by atoms with Crippen molar-refractivity contribution < 1.29 is 15.3 Å². The zero-order chi connectivity index (χ0) is 17.8. The largest absolute Gasteiger partial charge is 0.504 e. The van der Waals surface area contributed by atoms with Gasteiger partial charge in [0, 0.05) is 12.6 Å². The number of aromatic hydroxyl groups is 2. The predicted octanol–water partition coefficient (Wildman–Crippen LogP) is 3.51. The number of fused-ring (bicyclic) bond motifs is 1. The third kappa shape index (κ3) is 4.29. The smallest absolute Gasteiger partial charge is 0.157 e. The van der Waals surface area contributed by atoms with Crippen LogP contribution in [0.2, 0.25) is 0 Å². The van der Waals surface area contributed by atoms with E-state index >= 15 is 0 Å². The van der Waals surface area contributed by atoms with Gasteiger partial charge < -0.3 is 20.6 Å². The van der Waals surface area contributed by atoms with Crippen LogP contribution in [0.25, 0.3) is 10.8 Å². The topological polar surface area (TPSA) is 72.7 Å². The molecule has 0 heterocycles. The van der Waals surface area contributed by atoms with Gasteiger partial charge in [0.1, 0.15) is 0 Å². The maximum absolute atomic E-state index is 10.2. The van der Waals surface area contributed by atoms with Gasteiger partial charge in [0.05, 0.1) is 6.10 Å². The molecular weight excluding hydrogens is 314 g/mol. The van der Waals surface area contributed by atoms with Gasteiger partial charge in [-0.3, -0.25) is 0 Å². The maximum atomic E-state index is 10.2. The van der Waals surface area contributed by atoms with Crippen LogP contribution in [0.5, 0.6) is 11.5 Å². The van der Waals surface area contributed by atoms with Crippen molar-refractivity contribution in [1.82, 2.24) is 5.32 Å². The Morgan fingerprint density at radius 3 is 2.40 bits per heavy atom. The summed E-state index contributed by atoms with van der Waals surface area (Å²) in [5.74, 6) is -0.408. The van der Waals surface area contributed by atoms with Gasteiger partial charge in [-0.15, -0.1) is 0 Å². The van der Waals surface area contributed by atoms with Crippen LogP contribution in [0, 0.1) is 0 Å². The summed E-state index contributed by atoms with van der Waals surface area (Å²) < 4.78 is 0. The van der Waals surface area contributed by atoms with Crippen molar-refractivity contribution in [2.45, 2.75) is 25.5 Å². The number of phenolic OH excluding ortho intramolecular Hbond substituents is 2. The van der Waals surface area contributed by atoms with Gasteiger partial charge in [-0.2, -0.15) is 0 Å². The molecule has 4 heteroatoms. The van der Waals surface area contributed by atoms with Gasteiger partial charge in [0.25, 0.3) is 0 Å². The van der Waals surface area contributed by atoms with Crippen molar-refractivity contribution in [3.8, 4) is 11.5 Å². The molecule has 130 valence electrons. The molecule has 4 nitrogen and oxygen atoms in total. The van der Waals surface area contributed by atoms with E-state index in [2.05, 4.69) is 42.6 Å². The van der Waals surface area contributed by atoms with E-state index in [9.17, 15) is 15.3 Å². The van der Waals surface area contributed by atoms with Crippen LogP contribution < -0.4 is 5.32 Å². The SMILES string of the molecule is CC(Cc1ccc2ccccc2c1)NCC(O)c1ccc(O)c(O)c1. The minimum atomic E-state index is -0.745. The van der Waals surface area contributed by atoms with Gasteiger partial charge in [0.15, 0.2) is 11.5 Å².